The third-order valence-corrected chi connectivity index (χ3v) is 7.46. The molecule has 4 rings (SSSR count). The van der Waals surface area contributed by atoms with Crippen molar-refractivity contribution >= 4 is 0 Å². The monoisotopic (exact) mass is 261 g/mol. The zero-order valence-corrected chi connectivity index (χ0v) is 12.4. The third-order valence-electron chi connectivity index (χ3n) is 7.46. The molecule has 4 saturated carbocycles. The summed E-state index contributed by atoms with van der Waals surface area (Å²) < 4.78 is 0. The Hall–Kier alpha value is -0.0400. The van der Waals surface area contributed by atoms with E-state index < -0.39 is 0 Å². The second-order valence-electron chi connectivity index (χ2n) is 8.13. The maximum absolute atomic E-state index is 6.62. The lowest BCUT2D eigenvalue weighted by atomic mass is 9.50. The highest BCUT2D eigenvalue weighted by molar-refractivity contribution is 5.01. The van der Waals surface area contributed by atoms with Crippen LogP contribution in [0.5, 0.6) is 0 Å². The van der Waals surface area contributed by atoms with Crippen LogP contribution in [0.3, 0.4) is 0 Å². The molecule has 0 heterocycles. The molecule has 7 unspecified atom stereocenters. The van der Waals surface area contributed by atoms with Gasteiger partial charge in [0, 0.05) is 6.04 Å². The summed E-state index contributed by atoms with van der Waals surface area (Å²) in [5.41, 5.74) is 6.62. The lowest BCUT2D eigenvalue weighted by Gasteiger charge is -2.56. The average molecular weight is 261 g/mol. The molecule has 0 saturated heterocycles. The van der Waals surface area contributed by atoms with Crippen LogP contribution >= 0.6 is 0 Å². The molecule has 1 heteroatoms. The third kappa shape index (κ3) is 2.07. The van der Waals surface area contributed by atoms with E-state index in [2.05, 4.69) is 0 Å². The first kappa shape index (κ1) is 12.7. The second kappa shape index (κ2) is 5.06. The summed E-state index contributed by atoms with van der Waals surface area (Å²) >= 11 is 0. The van der Waals surface area contributed by atoms with Crippen molar-refractivity contribution in [2.75, 3.05) is 0 Å². The molecule has 0 bridgehead atoms. The van der Waals surface area contributed by atoms with Gasteiger partial charge in [0.2, 0.25) is 0 Å². The van der Waals surface area contributed by atoms with Crippen LogP contribution in [0, 0.1) is 35.5 Å². The Bertz CT molecular complexity index is 326. The van der Waals surface area contributed by atoms with Crippen molar-refractivity contribution in [1.82, 2.24) is 0 Å². The van der Waals surface area contributed by atoms with Crippen molar-refractivity contribution in [3.63, 3.8) is 0 Å². The van der Waals surface area contributed by atoms with E-state index >= 15 is 0 Å². The highest BCUT2D eigenvalue weighted by Crippen LogP contribution is 2.56. The van der Waals surface area contributed by atoms with Crippen molar-refractivity contribution in [2.45, 2.75) is 76.7 Å². The summed E-state index contributed by atoms with van der Waals surface area (Å²) in [5.74, 6) is 6.17. The van der Waals surface area contributed by atoms with Crippen LogP contribution in [-0.2, 0) is 0 Å². The normalized spacial score (nSPS) is 53.8. The molecule has 4 aliphatic carbocycles. The zero-order chi connectivity index (χ0) is 12.8. The Morgan fingerprint density at radius 2 is 1.16 bits per heavy atom. The first-order chi connectivity index (χ1) is 9.34. The van der Waals surface area contributed by atoms with Crippen LogP contribution in [0.25, 0.3) is 0 Å². The Morgan fingerprint density at radius 1 is 0.526 bits per heavy atom. The fourth-order valence-corrected chi connectivity index (χ4v) is 6.72. The molecule has 4 aliphatic rings. The number of hydrogen-bond donors (Lipinski definition) is 1. The Labute approximate surface area is 118 Å². The molecule has 0 aromatic heterocycles. The van der Waals surface area contributed by atoms with Gasteiger partial charge in [0.25, 0.3) is 0 Å². The Morgan fingerprint density at radius 3 is 2.00 bits per heavy atom. The first-order valence-corrected chi connectivity index (χ1v) is 9.10. The lowest BCUT2D eigenvalue weighted by molar-refractivity contribution is -0.0498. The predicted molar refractivity (Wildman–Crippen MR) is 79.7 cm³/mol. The van der Waals surface area contributed by atoms with E-state index in [1.807, 2.05) is 0 Å². The Kier molecular flexibility index (Phi) is 3.38. The summed E-state index contributed by atoms with van der Waals surface area (Å²) in [7, 11) is 0. The van der Waals surface area contributed by atoms with Gasteiger partial charge in [-0.25, -0.2) is 0 Å². The summed E-state index contributed by atoms with van der Waals surface area (Å²) in [4.78, 5) is 0. The fraction of sp³-hybridized carbons (Fsp3) is 1.00. The highest BCUT2D eigenvalue weighted by atomic mass is 14.7. The van der Waals surface area contributed by atoms with E-state index in [4.69, 9.17) is 5.73 Å². The largest absolute Gasteiger partial charge is 0.327 e. The number of rotatable bonds is 0. The molecule has 2 N–H and O–H groups in total. The molecule has 0 radical (unpaired) electrons. The lowest BCUT2D eigenvalue weighted by Crippen LogP contribution is -2.53. The second-order valence-corrected chi connectivity index (χ2v) is 8.13. The minimum absolute atomic E-state index is 0.548. The fourth-order valence-electron chi connectivity index (χ4n) is 6.72. The molecule has 7 atom stereocenters. The van der Waals surface area contributed by atoms with Crippen molar-refractivity contribution in [3.8, 4) is 0 Å². The van der Waals surface area contributed by atoms with Gasteiger partial charge in [-0.15, -0.1) is 0 Å². The summed E-state index contributed by atoms with van der Waals surface area (Å²) in [6, 6.07) is 0.548. The standard InChI is InChI=1S/C18H31N/c19-18-11-17-13-6-2-1-5-12(13)9-10-15(17)14-7-3-4-8-16(14)18/h12-18H,1-11,19H2. The summed E-state index contributed by atoms with van der Waals surface area (Å²) in [6.45, 7) is 0. The van der Waals surface area contributed by atoms with E-state index in [0.717, 1.165) is 35.5 Å². The molecule has 108 valence electrons. The average Bonchev–Trinajstić information content (AvgIpc) is 2.47. The Balaban J connectivity index is 1.57. The minimum Gasteiger partial charge on any atom is -0.327 e. The van der Waals surface area contributed by atoms with Crippen molar-refractivity contribution in [1.29, 1.82) is 0 Å². The van der Waals surface area contributed by atoms with Gasteiger partial charge in [-0.2, -0.15) is 0 Å². The summed E-state index contributed by atoms with van der Waals surface area (Å²) in [6.07, 6.45) is 16.5. The van der Waals surface area contributed by atoms with Gasteiger partial charge in [0.15, 0.2) is 0 Å². The van der Waals surface area contributed by atoms with Gasteiger partial charge in [0.1, 0.15) is 0 Å². The number of fused-ring (bicyclic) bond motifs is 5. The van der Waals surface area contributed by atoms with Gasteiger partial charge >= 0.3 is 0 Å². The van der Waals surface area contributed by atoms with E-state index in [1.165, 1.54) is 57.8 Å². The van der Waals surface area contributed by atoms with E-state index in [1.54, 1.807) is 12.8 Å². The van der Waals surface area contributed by atoms with Gasteiger partial charge in [-0.05, 0) is 74.0 Å². The SMILES string of the molecule is NC1CC2C3CCCCC3CCC2C2CCCCC12. The molecule has 0 aliphatic heterocycles. The molecule has 0 aromatic rings. The maximum atomic E-state index is 6.62. The minimum atomic E-state index is 0.548. The number of nitrogens with two attached hydrogens (primary N) is 1. The van der Waals surface area contributed by atoms with Crippen LogP contribution in [0.2, 0.25) is 0 Å². The van der Waals surface area contributed by atoms with Crippen LogP contribution in [0.1, 0.15) is 70.6 Å². The zero-order valence-electron chi connectivity index (χ0n) is 12.4. The molecule has 0 amide bonds. The quantitative estimate of drug-likeness (QED) is 0.689. The molecule has 19 heavy (non-hydrogen) atoms. The molecular weight excluding hydrogens is 230 g/mol. The van der Waals surface area contributed by atoms with E-state index in [9.17, 15) is 0 Å². The molecule has 4 fully saturated rings. The van der Waals surface area contributed by atoms with Crippen LogP contribution in [-0.4, -0.2) is 6.04 Å². The van der Waals surface area contributed by atoms with Gasteiger partial charge in [-0.1, -0.05) is 32.1 Å². The van der Waals surface area contributed by atoms with Crippen LogP contribution in [0.15, 0.2) is 0 Å². The van der Waals surface area contributed by atoms with Crippen molar-refractivity contribution < 1.29 is 0 Å². The van der Waals surface area contributed by atoms with E-state index in [0.29, 0.717) is 6.04 Å². The first-order valence-electron chi connectivity index (χ1n) is 9.10. The van der Waals surface area contributed by atoms with E-state index in [-0.39, 0.29) is 0 Å². The van der Waals surface area contributed by atoms with Crippen LogP contribution < -0.4 is 5.73 Å². The van der Waals surface area contributed by atoms with Gasteiger partial charge in [0.05, 0.1) is 0 Å². The topological polar surface area (TPSA) is 26.0 Å². The van der Waals surface area contributed by atoms with Crippen molar-refractivity contribution in [2.24, 2.45) is 41.2 Å². The van der Waals surface area contributed by atoms with Crippen molar-refractivity contribution in [3.05, 3.63) is 0 Å². The van der Waals surface area contributed by atoms with Crippen LogP contribution in [0.4, 0.5) is 0 Å². The maximum Gasteiger partial charge on any atom is 0.00727 e. The highest BCUT2D eigenvalue weighted by Gasteiger charge is 2.50. The number of hydrogen-bond acceptors (Lipinski definition) is 1. The smallest absolute Gasteiger partial charge is 0.00727 e. The predicted octanol–water partition coefficient (Wildman–Crippen LogP) is 4.36. The molecule has 0 spiro atoms. The van der Waals surface area contributed by atoms with Gasteiger partial charge < -0.3 is 5.73 Å². The summed E-state index contributed by atoms with van der Waals surface area (Å²) in [5, 5.41) is 0. The van der Waals surface area contributed by atoms with Gasteiger partial charge in [-0.3, -0.25) is 0 Å². The molecular formula is C18H31N. The molecule has 1 nitrogen and oxygen atoms in total. The molecule has 0 aromatic carbocycles.